The first-order chi connectivity index (χ1) is 26.9. The van der Waals surface area contributed by atoms with Crippen LogP contribution in [0.5, 0.6) is 0 Å². The van der Waals surface area contributed by atoms with Crippen molar-refractivity contribution in [3.63, 3.8) is 0 Å². The highest BCUT2D eigenvalue weighted by Crippen LogP contribution is 2.39. The van der Waals surface area contributed by atoms with Crippen molar-refractivity contribution < 1.29 is 24.2 Å². The molecule has 0 aliphatic carbocycles. The van der Waals surface area contributed by atoms with Gasteiger partial charge in [0, 0.05) is 58.1 Å². The van der Waals surface area contributed by atoms with Crippen LogP contribution in [0.2, 0.25) is 0 Å². The molecule has 0 aromatic heterocycles. The molecule has 3 N–H and O–H groups in total. The predicted molar refractivity (Wildman–Crippen MR) is 216 cm³/mol. The van der Waals surface area contributed by atoms with Gasteiger partial charge in [-0.05, 0) is 51.8 Å². The minimum Gasteiger partial charge on any atom is -0.392 e. The maximum atomic E-state index is 12.6. The molecule has 5 aromatic rings. The van der Waals surface area contributed by atoms with Crippen molar-refractivity contribution in [1.82, 2.24) is 15.5 Å². The number of nitrogens with zero attached hydrogens (tertiary/aromatic N) is 1. The number of carbonyl (C=O) groups excluding carboxylic acids is 2. The number of unbranched alkanes of at least 4 members (excludes halogenated alkanes) is 2. The normalized spacial score (nSPS) is 16.8. The van der Waals surface area contributed by atoms with Gasteiger partial charge in [0.15, 0.2) is 6.29 Å². The van der Waals surface area contributed by atoms with Crippen LogP contribution in [-0.4, -0.2) is 41.0 Å². The summed E-state index contributed by atoms with van der Waals surface area (Å²) in [5.74, 6) is -0.000558. The Morgan fingerprint density at radius 1 is 0.691 bits per heavy atom. The molecule has 0 bridgehead atoms. The van der Waals surface area contributed by atoms with Gasteiger partial charge >= 0.3 is 0 Å². The van der Waals surface area contributed by atoms with Gasteiger partial charge in [-0.25, -0.2) is 0 Å². The minimum absolute atomic E-state index is 0.00191. The lowest BCUT2D eigenvalue weighted by Crippen LogP contribution is -2.39. The topological polar surface area (TPSA) is 100 Å². The van der Waals surface area contributed by atoms with Crippen molar-refractivity contribution in [2.75, 3.05) is 13.1 Å². The largest absolute Gasteiger partial charge is 0.392 e. The number of rotatable bonds is 18. The second-order valence-corrected chi connectivity index (χ2v) is 14.3. The van der Waals surface area contributed by atoms with Crippen molar-refractivity contribution in [1.29, 1.82) is 0 Å². The summed E-state index contributed by atoms with van der Waals surface area (Å²) >= 11 is 0. The van der Waals surface area contributed by atoms with Crippen molar-refractivity contribution in [3.8, 4) is 11.1 Å². The van der Waals surface area contributed by atoms with Crippen LogP contribution in [0, 0.1) is 0 Å². The molecule has 1 saturated heterocycles. The molecule has 6 rings (SSSR count). The molecular formula is C47H53N3O5. The molecule has 8 heteroatoms. The number of benzene rings is 5. The van der Waals surface area contributed by atoms with Gasteiger partial charge in [0.1, 0.15) is 0 Å². The smallest absolute Gasteiger partial charge is 0.220 e. The number of amides is 2. The van der Waals surface area contributed by atoms with E-state index in [1.54, 1.807) is 0 Å². The fourth-order valence-electron chi connectivity index (χ4n) is 7.10. The van der Waals surface area contributed by atoms with E-state index in [2.05, 4.69) is 125 Å². The molecule has 3 atom stereocenters. The first-order valence-electron chi connectivity index (χ1n) is 19.4. The average molecular weight is 740 g/mol. The molecular weight excluding hydrogens is 687 g/mol. The lowest BCUT2D eigenvalue weighted by atomic mass is 9.97. The molecule has 1 aliphatic rings. The first-order valence-corrected chi connectivity index (χ1v) is 19.4. The molecule has 1 fully saturated rings. The van der Waals surface area contributed by atoms with Crippen LogP contribution < -0.4 is 10.6 Å². The number of hydrogen-bond acceptors (Lipinski definition) is 6. The number of aliphatic hydroxyl groups is 1. The Morgan fingerprint density at radius 3 is 1.98 bits per heavy atom. The number of ether oxygens (including phenoxy) is 2. The average Bonchev–Trinajstić information content (AvgIpc) is 3.22. The zero-order chi connectivity index (χ0) is 38.2. The first kappa shape index (κ1) is 39.6. The third-order valence-electron chi connectivity index (χ3n) is 10.0. The van der Waals surface area contributed by atoms with Gasteiger partial charge in [0.2, 0.25) is 11.8 Å². The van der Waals surface area contributed by atoms with Crippen molar-refractivity contribution in [2.24, 2.45) is 0 Å². The van der Waals surface area contributed by atoms with E-state index in [0.29, 0.717) is 25.9 Å². The molecule has 0 spiro atoms. The number of hydrogen-bond donors (Lipinski definition) is 3. The Hall–Kier alpha value is -5.12. The summed E-state index contributed by atoms with van der Waals surface area (Å²) in [6, 6.07) is 45.7. The van der Waals surface area contributed by atoms with Gasteiger partial charge in [-0.3, -0.25) is 14.5 Å². The summed E-state index contributed by atoms with van der Waals surface area (Å²) < 4.78 is 13.5. The zero-order valence-electron chi connectivity index (χ0n) is 31.7. The molecule has 0 saturated carbocycles. The second-order valence-electron chi connectivity index (χ2n) is 14.3. The quantitative estimate of drug-likeness (QED) is 0.0781. The molecule has 55 heavy (non-hydrogen) atoms. The standard InChI is InChI=1S/C47H53N3O5/c1-35(52)48-28-12-4-9-19-46(53)49-30-42-17-10-11-18-44(42)39-24-26-41(27-25-39)47-54-43(29-45(55-47)40-22-20-38(34-51)21-23-40)33-50(31-36-13-5-2-6-14-36)32-37-15-7-3-8-16-37/h2-3,5-8,10-11,13-18,20-27,43,45,47,51H,4,9,12,19,28-34H2,1H3,(H,48,52)(H,49,53)/t43-,45+,47+/m1/s1. The number of aliphatic hydroxyl groups excluding tert-OH is 1. The summed E-state index contributed by atoms with van der Waals surface area (Å²) in [5.41, 5.74) is 8.53. The third-order valence-corrected chi connectivity index (χ3v) is 10.0. The molecule has 5 aromatic carbocycles. The molecule has 0 unspecified atom stereocenters. The van der Waals surface area contributed by atoms with Crippen molar-refractivity contribution in [3.05, 3.63) is 167 Å². The highest BCUT2D eigenvalue weighted by Gasteiger charge is 2.33. The van der Waals surface area contributed by atoms with Gasteiger partial charge in [0.05, 0.1) is 18.8 Å². The summed E-state index contributed by atoms with van der Waals surface area (Å²) in [4.78, 5) is 26.1. The van der Waals surface area contributed by atoms with E-state index in [0.717, 1.165) is 72.3 Å². The molecule has 8 nitrogen and oxygen atoms in total. The third kappa shape index (κ3) is 12.2. The van der Waals surface area contributed by atoms with Gasteiger partial charge in [-0.2, -0.15) is 0 Å². The Bertz CT molecular complexity index is 1880. The van der Waals surface area contributed by atoms with Crippen LogP contribution in [0.15, 0.2) is 133 Å². The summed E-state index contributed by atoms with van der Waals surface area (Å²) in [7, 11) is 0. The lowest BCUT2D eigenvalue weighted by molar-refractivity contribution is -0.253. The SMILES string of the molecule is CC(=O)NCCCCCC(=O)NCc1ccccc1-c1ccc([C@H]2O[C@@H](CN(Cc3ccccc3)Cc3ccccc3)C[C@@H](c3ccc(CO)cc3)O2)cc1. The fourth-order valence-corrected chi connectivity index (χ4v) is 7.10. The molecule has 1 heterocycles. The van der Waals surface area contributed by atoms with E-state index in [1.165, 1.54) is 18.1 Å². The van der Waals surface area contributed by atoms with Gasteiger partial charge < -0.3 is 25.2 Å². The van der Waals surface area contributed by atoms with Crippen molar-refractivity contribution in [2.45, 2.75) is 83.8 Å². The maximum Gasteiger partial charge on any atom is 0.220 e. The van der Waals surface area contributed by atoms with Crippen LogP contribution in [-0.2, 0) is 45.3 Å². The summed E-state index contributed by atoms with van der Waals surface area (Å²) in [6.07, 6.45) is 2.84. The van der Waals surface area contributed by atoms with Crippen LogP contribution >= 0.6 is 0 Å². The molecule has 0 radical (unpaired) electrons. The second kappa shape index (κ2) is 20.5. The van der Waals surface area contributed by atoms with Crippen LogP contribution in [0.3, 0.4) is 0 Å². The Morgan fingerprint density at radius 2 is 1.33 bits per heavy atom. The lowest BCUT2D eigenvalue weighted by Gasteiger charge is -2.38. The van der Waals surface area contributed by atoms with Crippen LogP contribution in [0.1, 0.15) is 84.8 Å². The summed E-state index contributed by atoms with van der Waals surface area (Å²) in [6.45, 7) is 4.92. The Kier molecular flexibility index (Phi) is 14.8. The van der Waals surface area contributed by atoms with E-state index >= 15 is 0 Å². The zero-order valence-corrected chi connectivity index (χ0v) is 31.7. The van der Waals surface area contributed by atoms with Gasteiger partial charge in [0.25, 0.3) is 0 Å². The van der Waals surface area contributed by atoms with Crippen LogP contribution in [0.25, 0.3) is 11.1 Å². The number of nitrogens with one attached hydrogen (secondary N) is 2. The number of carbonyl (C=O) groups is 2. The fraction of sp³-hybridized carbons (Fsp3) is 0.319. The van der Waals surface area contributed by atoms with Crippen LogP contribution in [0.4, 0.5) is 0 Å². The summed E-state index contributed by atoms with van der Waals surface area (Å²) in [5, 5.41) is 15.6. The van der Waals surface area contributed by atoms with E-state index in [9.17, 15) is 14.7 Å². The van der Waals surface area contributed by atoms with E-state index < -0.39 is 6.29 Å². The maximum absolute atomic E-state index is 12.6. The highest BCUT2D eigenvalue weighted by atomic mass is 16.7. The monoisotopic (exact) mass is 739 g/mol. The molecule has 286 valence electrons. The van der Waals surface area contributed by atoms with E-state index in [1.807, 2.05) is 24.3 Å². The molecule has 1 aliphatic heterocycles. The molecule has 2 amide bonds. The minimum atomic E-state index is -0.571. The Labute approximate surface area is 325 Å². The predicted octanol–water partition coefficient (Wildman–Crippen LogP) is 8.41. The highest BCUT2D eigenvalue weighted by molar-refractivity contribution is 5.76. The Balaban J connectivity index is 1.15. The van der Waals surface area contributed by atoms with Crippen molar-refractivity contribution >= 4 is 11.8 Å². The van der Waals surface area contributed by atoms with Gasteiger partial charge in [-0.1, -0.05) is 140 Å². The van der Waals surface area contributed by atoms with E-state index in [4.69, 9.17) is 9.47 Å². The van der Waals surface area contributed by atoms with E-state index in [-0.39, 0.29) is 30.6 Å². The van der Waals surface area contributed by atoms with Gasteiger partial charge in [-0.15, -0.1) is 0 Å².